The molecular weight excluding hydrogens is 422 g/mol. The Hall–Kier alpha value is -1.32. The molecule has 2 atom stereocenters. The van der Waals surface area contributed by atoms with E-state index in [1.807, 2.05) is 34.6 Å². The SMILES string of the molecule is CC.CC(=O)OC(C)(C)C.CCCC1(CCC(C)CC)CCC(C)=C(C2CCCCC2)NC1=O. The fourth-order valence-electron chi connectivity index (χ4n) is 5.12. The van der Waals surface area contributed by atoms with Gasteiger partial charge in [-0.15, -0.1) is 0 Å². The molecule has 34 heavy (non-hydrogen) atoms. The third-order valence-corrected chi connectivity index (χ3v) is 7.17. The second-order valence-electron chi connectivity index (χ2n) is 11.3. The van der Waals surface area contributed by atoms with Crippen molar-refractivity contribution in [1.82, 2.24) is 5.32 Å². The quantitative estimate of drug-likeness (QED) is 0.371. The lowest BCUT2D eigenvalue weighted by atomic mass is 9.73. The summed E-state index contributed by atoms with van der Waals surface area (Å²) >= 11 is 0. The lowest BCUT2D eigenvalue weighted by molar-refractivity contribution is -0.151. The number of amides is 1. The normalized spacial score (nSPS) is 22.4. The fourth-order valence-corrected chi connectivity index (χ4v) is 5.12. The minimum absolute atomic E-state index is 0.129. The number of esters is 1. The summed E-state index contributed by atoms with van der Waals surface area (Å²) in [5.74, 6) is 1.44. The van der Waals surface area contributed by atoms with Crippen molar-refractivity contribution in [3.63, 3.8) is 0 Å². The minimum atomic E-state index is -0.328. The van der Waals surface area contributed by atoms with E-state index in [0.29, 0.717) is 11.8 Å². The average Bonchev–Trinajstić information content (AvgIpc) is 2.90. The maximum atomic E-state index is 13.3. The van der Waals surface area contributed by atoms with Gasteiger partial charge in [-0.2, -0.15) is 0 Å². The molecule has 0 aromatic rings. The van der Waals surface area contributed by atoms with Crippen molar-refractivity contribution >= 4 is 11.9 Å². The number of nitrogens with one attached hydrogen (secondary N) is 1. The van der Waals surface area contributed by atoms with Crippen LogP contribution in [0.1, 0.15) is 146 Å². The van der Waals surface area contributed by atoms with Crippen LogP contribution < -0.4 is 5.32 Å². The van der Waals surface area contributed by atoms with Crippen LogP contribution in [0.25, 0.3) is 0 Å². The summed E-state index contributed by atoms with van der Waals surface area (Å²) in [6.45, 7) is 20.0. The zero-order valence-corrected chi connectivity index (χ0v) is 24.4. The smallest absolute Gasteiger partial charge is 0.303 e. The van der Waals surface area contributed by atoms with Crippen molar-refractivity contribution in [1.29, 1.82) is 0 Å². The number of hydrogen-bond acceptors (Lipinski definition) is 3. The molecular formula is C30H57NO3. The average molecular weight is 480 g/mol. The van der Waals surface area contributed by atoms with E-state index in [9.17, 15) is 9.59 Å². The molecule has 1 amide bonds. The molecule has 2 unspecified atom stereocenters. The molecule has 200 valence electrons. The van der Waals surface area contributed by atoms with Gasteiger partial charge in [-0.05, 0) is 84.5 Å². The van der Waals surface area contributed by atoms with Crippen LogP contribution in [0.5, 0.6) is 0 Å². The van der Waals surface area contributed by atoms with E-state index in [2.05, 4.69) is 33.0 Å². The highest BCUT2D eigenvalue weighted by molar-refractivity contribution is 5.84. The third-order valence-electron chi connectivity index (χ3n) is 7.17. The molecule has 4 heteroatoms. The van der Waals surface area contributed by atoms with Crippen LogP contribution in [0.2, 0.25) is 0 Å². The van der Waals surface area contributed by atoms with Gasteiger partial charge in [-0.1, -0.05) is 72.3 Å². The molecule has 2 aliphatic rings. The van der Waals surface area contributed by atoms with Crippen LogP contribution in [0.4, 0.5) is 0 Å². The summed E-state index contributed by atoms with van der Waals surface area (Å²) in [6, 6.07) is 0. The molecule has 0 aromatic heterocycles. The van der Waals surface area contributed by atoms with Gasteiger partial charge in [0.15, 0.2) is 0 Å². The summed E-state index contributed by atoms with van der Waals surface area (Å²) in [4.78, 5) is 23.5. The van der Waals surface area contributed by atoms with Crippen LogP contribution in [0.15, 0.2) is 11.3 Å². The fraction of sp³-hybridized carbons (Fsp3) is 0.867. The highest BCUT2D eigenvalue weighted by Gasteiger charge is 2.40. The van der Waals surface area contributed by atoms with Gasteiger partial charge in [0.1, 0.15) is 5.60 Å². The molecule has 1 aliphatic carbocycles. The Labute approximate surface area is 212 Å². The number of ether oxygens (including phenoxy) is 1. The number of rotatable bonds is 7. The maximum Gasteiger partial charge on any atom is 0.303 e. The van der Waals surface area contributed by atoms with Gasteiger partial charge in [0.2, 0.25) is 5.91 Å². The van der Waals surface area contributed by atoms with Crippen molar-refractivity contribution in [2.75, 3.05) is 0 Å². The minimum Gasteiger partial charge on any atom is -0.460 e. The zero-order chi connectivity index (χ0) is 26.4. The molecule has 1 N–H and O–H groups in total. The topological polar surface area (TPSA) is 55.4 Å². The molecule has 1 saturated carbocycles. The Morgan fingerprint density at radius 1 is 1.12 bits per heavy atom. The lowest BCUT2D eigenvalue weighted by Crippen LogP contribution is -2.41. The van der Waals surface area contributed by atoms with E-state index in [1.165, 1.54) is 63.1 Å². The van der Waals surface area contributed by atoms with E-state index < -0.39 is 0 Å². The van der Waals surface area contributed by atoms with Crippen molar-refractivity contribution in [3.8, 4) is 0 Å². The zero-order valence-electron chi connectivity index (χ0n) is 24.4. The van der Waals surface area contributed by atoms with Crippen LogP contribution in [0, 0.1) is 17.3 Å². The van der Waals surface area contributed by atoms with E-state index in [-0.39, 0.29) is 17.0 Å². The first kappa shape index (κ1) is 32.7. The molecule has 4 nitrogen and oxygen atoms in total. The summed E-state index contributed by atoms with van der Waals surface area (Å²) in [5, 5.41) is 3.46. The first-order valence-electron chi connectivity index (χ1n) is 14.1. The Balaban J connectivity index is 0.000000924. The van der Waals surface area contributed by atoms with Crippen LogP contribution in [-0.4, -0.2) is 17.5 Å². The van der Waals surface area contributed by atoms with E-state index in [0.717, 1.165) is 38.0 Å². The highest BCUT2D eigenvalue weighted by Crippen LogP contribution is 2.42. The lowest BCUT2D eigenvalue weighted by Gasteiger charge is -2.33. The molecule has 0 aromatic carbocycles. The summed E-state index contributed by atoms with van der Waals surface area (Å²) in [5.41, 5.74) is 2.31. The Morgan fingerprint density at radius 2 is 1.71 bits per heavy atom. The Kier molecular flexibility index (Phi) is 15.7. The second-order valence-corrected chi connectivity index (χ2v) is 11.3. The number of carbonyl (C=O) groups is 2. The standard InChI is InChI=1S/C22H39NO.C6H12O2.C2H6/c1-5-14-22(15-12-17(3)6-2)16-13-18(4)20(23-21(22)24)19-10-8-7-9-11-19;1-5(7)8-6(2,3)4;1-2/h17,19H,5-16H2,1-4H3,(H,23,24);1-4H3;1-2H3. The van der Waals surface area contributed by atoms with Gasteiger partial charge in [0.05, 0.1) is 0 Å². The predicted molar refractivity (Wildman–Crippen MR) is 146 cm³/mol. The molecule has 0 spiro atoms. The third kappa shape index (κ3) is 11.9. The Morgan fingerprint density at radius 3 is 2.15 bits per heavy atom. The van der Waals surface area contributed by atoms with Crippen molar-refractivity contribution < 1.29 is 14.3 Å². The van der Waals surface area contributed by atoms with Crippen molar-refractivity contribution in [3.05, 3.63) is 11.3 Å². The monoisotopic (exact) mass is 479 g/mol. The van der Waals surface area contributed by atoms with E-state index in [4.69, 9.17) is 4.74 Å². The molecule has 1 fully saturated rings. The predicted octanol–water partition coefficient (Wildman–Crippen LogP) is 8.74. The maximum absolute atomic E-state index is 13.3. The van der Waals surface area contributed by atoms with Crippen molar-refractivity contribution in [2.45, 2.75) is 152 Å². The summed E-state index contributed by atoms with van der Waals surface area (Å²) < 4.78 is 4.80. The summed E-state index contributed by atoms with van der Waals surface area (Å²) in [7, 11) is 0. The van der Waals surface area contributed by atoms with Crippen LogP contribution in [-0.2, 0) is 14.3 Å². The number of hydrogen-bond donors (Lipinski definition) is 1. The molecule has 2 rings (SSSR count). The van der Waals surface area contributed by atoms with Gasteiger partial charge >= 0.3 is 5.97 Å². The highest BCUT2D eigenvalue weighted by atomic mass is 16.6. The van der Waals surface area contributed by atoms with E-state index >= 15 is 0 Å². The number of carbonyl (C=O) groups excluding carboxylic acids is 2. The van der Waals surface area contributed by atoms with Crippen molar-refractivity contribution in [2.24, 2.45) is 17.3 Å². The van der Waals surface area contributed by atoms with Crippen LogP contribution >= 0.6 is 0 Å². The van der Waals surface area contributed by atoms with Gasteiger partial charge < -0.3 is 10.1 Å². The van der Waals surface area contributed by atoms with Gasteiger partial charge in [-0.3, -0.25) is 9.59 Å². The summed E-state index contributed by atoms with van der Waals surface area (Å²) in [6.07, 6.45) is 14.3. The van der Waals surface area contributed by atoms with E-state index in [1.54, 1.807) is 0 Å². The molecule has 0 saturated heterocycles. The second kappa shape index (κ2) is 16.4. The molecule has 1 heterocycles. The van der Waals surface area contributed by atoms with Gasteiger partial charge in [0, 0.05) is 18.0 Å². The van der Waals surface area contributed by atoms with Gasteiger partial charge in [-0.25, -0.2) is 0 Å². The van der Waals surface area contributed by atoms with Gasteiger partial charge in [0.25, 0.3) is 0 Å². The molecule has 0 radical (unpaired) electrons. The van der Waals surface area contributed by atoms with Crippen LogP contribution in [0.3, 0.4) is 0 Å². The number of allylic oxidation sites excluding steroid dienone is 2. The first-order chi connectivity index (χ1) is 15.9. The largest absolute Gasteiger partial charge is 0.460 e. The first-order valence-corrected chi connectivity index (χ1v) is 14.1. The Bertz CT molecular complexity index is 625. The molecule has 1 aliphatic heterocycles. The molecule has 0 bridgehead atoms.